The van der Waals surface area contributed by atoms with E-state index in [1.165, 1.54) is 50.2 Å². The van der Waals surface area contributed by atoms with Crippen molar-refractivity contribution in [1.29, 1.82) is 0 Å². The third-order valence-corrected chi connectivity index (χ3v) is 6.90. The molecule has 3 atom stereocenters. The molecule has 1 heterocycles. The summed E-state index contributed by atoms with van der Waals surface area (Å²) < 4.78 is 0. The maximum atomic E-state index is 10.3. The summed E-state index contributed by atoms with van der Waals surface area (Å²) in [5.74, 6) is 1.70. The predicted molar refractivity (Wildman–Crippen MR) is 109 cm³/mol. The first kappa shape index (κ1) is 19.5. The van der Waals surface area contributed by atoms with Crippen LogP contribution in [0.1, 0.15) is 50.6 Å². The number of aliphatic hydroxyl groups excluding tert-OH is 1. The van der Waals surface area contributed by atoms with Crippen molar-refractivity contribution in [3.8, 4) is 11.4 Å². The molecule has 3 N–H and O–H groups in total. The maximum absolute atomic E-state index is 10.3. The van der Waals surface area contributed by atoms with E-state index in [0.717, 1.165) is 32.0 Å². The molecule has 0 spiro atoms. The molecule has 0 saturated heterocycles. The summed E-state index contributed by atoms with van der Waals surface area (Å²) in [7, 11) is 0.887. The Hall–Kier alpha value is -1.29. The number of benzene rings is 1. The van der Waals surface area contributed by atoms with Gasteiger partial charge in [0.2, 0.25) is 0 Å². The van der Waals surface area contributed by atoms with Gasteiger partial charge in [0.25, 0.3) is 0 Å². The molecule has 2 aromatic rings. The average molecular weight is 374 g/mol. The quantitative estimate of drug-likeness (QED) is 0.585. The van der Waals surface area contributed by atoms with Crippen LogP contribution in [-0.2, 0) is 0 Å². The molecule has 3 rings (SSSR count). The monoisotopic (exact) mass is 374 g/mol. The smallest absolute Gasteiger partial charge is 0.155 e. The molecule has 142 valence electrons. The van der Waals surface area contributed by atoms with Gasteiger partial charge < -0.3 is 10.4 Å². The summed E-state index contributed by atoms with van der Waals surface area (Å²) in [5, 5.41) is 20.6. The first-order chi connectivity index (χ1) is 12.7. The Labute approximate surface area is 158 Å². The Kier molecular flexibility index (Phi) is 7.60. The van der Waals surface area contributed by atoms with Gasteiger partial charge in [0.05, 0.1) is 6.10 Å². The molecule has 0 bridgehead atoms. The van der Waals surface area contributed by atoms with Crippen LogP contribution in [0, 0.1) is 5.92 Å². The SMILES string of the molecule is CC(NC[C@@H](O)CPCC1CCCCC1)c1cccc(-c2ncn[nH]2)c1. The fourth-order valence-electron chi connectivity index (χ4n) is 3.65. The van der Waals surface area contributed by atoms with E-state index in [1.54, 1.807) is 0 Å². The van der Waals surface area contributed by atoms with E-state index in [4.69, 9.17) is 0 Å². The molecule has 0 radical (unpaired) electrons. The molecule has 1 aliphatic rings. The molecule has 0 amide bonds. The van der Waals surface area contributed by atoms with Crippen LogP contribution < -0.4 is 5.32 Å². The molecule has 1 aliphatic carbocycles. The van der Waals surface area contributed by atoms with Crippen LogP contribution >= 0.6 is 8.58 Å². The lowest BCUT2D eigenvalue weighted by Crippen LogP contribution is -2.30. The number of aliphatic hydroxyl groups is 1. The molecule has 26 heavy (non-hydrogen) atoms. The van der Waals surface area contributed by atoms with Gasteiger partial charge in [-0.15, -0.1) is 8.58 Å². The van der Waals surface area contributed by atoms with Gasteiger partial charge in [-0.3, -0.25) is 5.10 Å². The minimum absolute atomic E-state index is 0.189. The van der Waals surface area contributed by atoms with Crippen molar-refractivity contribution < 1.29 is 5.11 Å². The number of nitrogens with one attached hydrogen (secondary N) is 2. The average Bonchev–Trinajstić information content (AvgIpc) is 3.22. The van der Waals surface area contributed by atoms with E-state index >= 15 is 0 Å². The molecule has 1 aromatic carbocycles. The van der Waals surface area contributed by atoms with Crippen molar-refractivity contribution >= 4 is 8.58 Å². The molecule has 1 saturated carbocycles. The van der Waals surface area contributed by atoms with Crippen LogP contribution in [0.2, 0.25) is 0 Å². The highest BCUT2D eigenvalue weighted by Gasteiger charge is 2.14. The topological polar surface area (TPSA) is 73.8 Å². The van der Waals surface area contributed by atoms with Crippen LogP contribution in [0.4, 0.5) is 0 Å². The molecular formula is C20H31N4OP. The van der Waals surface area contributed by atoms with Crippen molar-refractivity contribution in [2.45, 2.75) is 51.2 Å². The lowest BCUT2D eigenvalue weighted by molar-refractivity contribution is 0.191. The Balaban J connectivity index is 1.40. The first-order valence-corrected chi connectivity index (χ1v) is 11.2. The zero-order chi connectivity index (χ0) is 18.2. The second kappa shape index (κ2) is 10.1. The number of hydrogen-bond acceptors (Lipinski definition) is 4. The van der Waals surface area contributed by atoms with Crippen LogP contribution in [0.15, 0.2) is 30.6 Å². The number of hydrogen-bond donors (Lipinski definition) is 3. The highest BCUT2D eigenvalue weighted by Crippen LogP contribution is 2.29. The second-order valence-electron chi connectivity index (χ2n) is 7.41. The number of aromatic amines is 1. The highest BCUT2D eigenvalue weighted by atomic mass is 31.1. The van der Waals surface area contributed by atoms with E-state index in [-0.39, 0.29) is 12.1 Å². The van der Waals surface area contributed by atoms with Crippen molar-refractivity contribution in [2.75, 3.05) is 18.9 Å². The van der Waals surface area contributed by atoms with Crippen molar-refractivity contribution in [3.05, 3.63) is 36.2 Å². The van der Waals surface area contributed by atoms with Gasteiger partial charge >= 0.3 is 0 Å². The summed E-state index contributed by atoms with van der Waals surface area (Å²) in [5.41, 5.74) is 2.22. The normalized spacial score (nSPS) is 18.4. The summed E-state index contributed by atoms with van der Waals surface area (Å²) in [6.07, 6.45) is 10.5. The van der Waals surface area contributed by atoms with Crippen molar-refractivity contribution in [3.63, 3.8) is 0 Å². The third-order valence-electron chi connectivity index (χ3n) is 5.27. The van der Waals surface area contributed by atoms with Crippen molar-refractivity contribution in [2.24, 2.45) is 5.92 Å². The molecular weight excluding hydrogens is 343 g/mol. The molecule has 6 heteroatoms. The maximum Gasteiger partial charge on any atom is 0.155 e. The predicted octanol–water partition coefficient (Wildman–Crippen LogP) is 3.74. The Morgan fingerprint density at radius 1 is 1.31 bits per heavy atom. The van der Waals surface area contributed by atoms with E-state index in [1.807, 2.05) is 12.1 Å². The van der Waals surface area contributed by atoms with Crippen molar-refractivity contribution in [1.82, 2.24) is 20.5 Å². The Bertz CT molecular complexity index is 643. The zero-order valence-electron chi connectivity index (χ0n) is 15.6. The van der Waals surface area contributed by atoms with Crippen LogP contribution in [0.5, 0.6) is 0 Å². The molecule has 5 nitrogen and oxygen atoms in total. The Morgan fingerprint density at radius 2 is 2.15 bits per heavy atom. The number of nitrogens with zero attached hydrogens (tertiary/aromatic N) is 2. The summed E-state index contributed by atoms with van der Waals surface area (Å²) in [6, 6.07) is 8.48. The highest BCUT2D eigenvalue weighted by molar-refractivity contribution is 7.38. The fraction of sp³-hybridized carbons (Fsp3) is 0.600. The van der Waals surface area contributed by atoms with E-state index < -0.39 is 0 Å². The third kappa shape index (κ3) is 5.87. The lowest BCUT2D eigenvalue weighted by Gasteiger charge is -2.22. The van der Waals surface area contributed by atoms with Gasteiger partial charge in [0.1, 0.15) is 6.33 Å². The van der Waals surface area contributed by atoms with Gasteiger partial charge in [0.15, 0.2) is 5.82 Å². The number of H-pyrrole nitrogens is 1. The molecule has 1 aromatic heterocycles. The van der Waals surface area contributed by atoms with Gasteiger partial charge in [0, 0.05) is 18.2 Å². The lowest BCUT2D eigenvalue weighted by atomic mass is 9.91. The minimum Gasteiger partial charge on any atom is -0.391 e. The van der Waals surface area contributed by atoms with Gasteiger partial charge in [-0.2, -0.15) is 5.10 Å². The summed E-state index contributed by atoms with van der Waals surface area (Å²) in [4.78, 5) is 4.21. The Morgan fingerprint density at radius 3 is 2.92 bits per heavy atom. The summed E-state index contributed by atoms with van der Waals surface area (Å²) >= 11 is 0. The van der Waals surface area contributed by atoms with Crippen LogP contribution in [0.3, 0.4) is 0 Å². The molecule has 0 aliphatic heterocycles. The number of aromatic nitrogens is 3. The minimum atomic E-state index is -0.253. The number of rotatable bonds is 9. The van der Waals surface area contributed by atoms with E-state index in [0.29, 0.717) is 6.54 Å². The standard InChI is InChI=1S/C20H31N4OP/c1-15(17-8-5-9-18(10-17)20-22-14-23-24-20)21-11-19(25)13-26-12-16-6-3-2-4-7-16/h5,8-10,14-16,19,21,25-26H,2-4,6-7,11-13H2,1H3,(H,22,23,24)/t15?,19-/m1/s1. The van der Waals surface area contributed by atoms with E-state index in [2.05, 4.69) is 39.6 Å². The van der Waals surface area contributed by atoms with Crippen LogP contribution in [0.25, 0.3) is 11.4 Å². The van der Waals surface area contributed by atoms with Gasteiger partial charge in [-0.05, 0) is 36.8 Å². The molecule has 2 unspecified atom stereocenters. The largest absolute Gasteiger partial charge is 0.391 e. The molecule has 1 fully saturated rings. The first-order valence-electron chi connectivity index (χ1n) is 9.80. The van der Waals surface area contributed by atoms with Gasteiger partial charge in [-0.25, -0.2) is 4.98 Å². The fourth-order valence-corrected chi connectivity index (χ4v) is 5.11. The second-order valence-corrected chi connectivity index (χ2v) is 8.72. The van der Waals surface area contributed by atoms with E-state index in [9.17, 15) is 5.11 Å². The summed E-state index contributed by atoms with van der Waals surface area (Å²) in [6.45, 7) is 2.78. The zero-order valence-corrected chi connectivity index (χ0v) is 16.6. The van der Waals surface area contributed by atoms with Gasteiger partial charge in [-0.1, -0.05) is 50.3 Å². The van der Waals surface area contributed by atoms with Crippen LogP contribution in [-0.4, -0.2) is 45.3 Å².